The standard InChI is InChI=1S/C16H24N4OS/c1-14-17-20(13-18(2)10-7-11-21-3)16(22)19(14)12-15-8-5-4-6-9-15/h4-6,8-9H,7,10-13H2,1-3H3. The third-order valence-electron chi connectivity index (χ3n) is 3.55. The summed E-state index contributed by atoms with van der Waals surface area (Å²) in [5.41, 5.74) is 1.23. The summed E-state index contributed by atoms with van der Waals surface area (Å²) in [5, 5.41) is 4.58. The summed E-state index contributed by atoms with van der Waals surface area (Å²) in [6.45, 7) is 5.20. The molecule has 0 aliphatic rings. The van der Waals surface area contributed by atoms with E-state index in [1.54, 1.807) is 7.11 Å². The van der Waals surface area contributed by atoms with Gasteiger partial charge in [0.25, 0.3) is 0 Å². The molecule has 6 heteroatoms. The van der Waals surface area contributed by atoms with Gasteiger partial charge in [-0.05, 0) is 38.2 Å². The lowest BCUT2D eigenvalue weighted by atomic mass is 10.2. The molecule has 0 radical (unpaired) electrons. The number of hydrogen-bond acceptors (Lipinski definition) is 4. The fraction of sp³-hybridized carbons (Fsp3) is 0.500. The number of aromatic nitrogens is 3. The number of ether oxygens (including phenoxy) is 1. The lowest BCUT2D eigenvalue weighted by Gasteiger charge is -2.15. The van der Waals surface area contributed by atoms with Crippen LogP contribution in [0.2, 0.25) is 0 Å². The first kappa shape index (κ1) is 16.9. The predicted octanol–water partition coefficient (Wildman–Crippen LogP) is 2.70. The van der Waals surface area contributed by atoms with Gasteiger partial charge in [-0.2, -0.15) is 5.10 Å². The number of benzene rings is 1. The maximum Gasteiger partial charge on any atom is 0.199 e. The molecule has 0 amide bonds. The van der Waals surface area contributed by atoms with Crippen molar-refractivity contribution in [1.29, 1.82) is 0 Å². The monoisotopic (exact) mass is 320 g/mol. The zero-order valence-electron chi connectivity index (χ0n) is 13.5. The van der Waals surface area contributed by atoms with Gasteiger partial charge in [0, 0.05) is 20.3 Å². The summed E-state index contributed by atoms with van der Waals surface area (Å²) in [4.78, 5) is 2.20. The third-order valence-corrected chi connectivity index (χ3v) is 3.99. The molecule has 0 spiro atoms. The molecule has 0 aliphatic carbocycles. The van der Waals surface area contributed by atoms with Gasteiger partial charge in [-0.1, -0.05) is 30.3 Å². The van der Waals surface area contributed by atoms with Crippen molar-refractivity contribution in [1.82, 2.24) is 19.2 Å². The summed E-state index contributed by atoms with van der Waals surface area (Å²) in [5.74, 6) is 0.944. The Kier molecular flexibility index (Phi) is 6.30. The summed E-state index contributed by atoms with van der Waals surface area (Å²) < 4.78 is 9.81. The Bertz CT molecular complexity index is 635. The topological polar surface area (TPSA) is 35.2 Å². The molecular formula is C16H24N4OS. The Hall–Kier alpha value is -1.50. The van der Waals surface area contributed by atoms with Crippen molar-refractivity contribution in [3.63, 3.8) is 0 Å². The minimum absolute atomic E-state index is 0.700. The van der Waals surface area contributed by atoms with E-state index in [2.05, 4.69) is 33.7 Å². The number of nitrogens with zero attached hydrogens (tertiary/aromatic N) is 4. The van der Waals surface area contributed by atoms with Crippen LogP contribution in [0.5, 0.6) is 0 Å². The van der Waals surface area contributed by atoms with Gasteiger partial charge in [0.1, 0.15) is 5.82 Å². The molecule has 22 heavy (non-hydrogen) atoms. The lowest BCUT2D eigenvalue weighted by molar-refractivity contribution is 0.168. The average Bonchev–Trinajstić information content (AvgIpc) is 2.76. The van der Waals surface area contributed by atoms with E-state index in [0.29, 0.717) is 6.67 Å². The normalized spacial score (nSPS) is 11.3. The largest absolute Gasteiger partial charge is 0.385 e. The molecule has 0 aliphatic heterocycles. The molecule has 2 rings (SSSR count). The van der Waals surface area contributed by atoms with Crippen LogP contribution >= 0.6 is 12.2 Å². The molecule has 0 unspecified atom stereocenters. The first-order chi connectivity index (χ1) is 10.6. The van der Waals surface area contributed by atoms with E-state index in [-0.39, 0.29) is 0 Å². The van der Waals surface area contributed by atoms with Crippen LogP contribution in [0.25, 0.3) is 0 Å². The first-order valence-electron chi connectivity index (χ1n) is 7.47. The summed E-state index contributed by atoms with van der Waals surface area (Å²) >= 11 is 5.58. The minimum atomic E-state index is 0.700. The van der Waals surface area contributed by atoms with Crippen molar-refractivity contribution in [3.8, 4) is 0 Å². The van der Waals surface area contributed by atoms with Crippen LogP contribution < -0.4 is 0 Å². The number of methoxy groups -OCH3 is 1. The van der Waals surface area contributed by atoms with Crippen LogP contribution in [0.1, 0.15) is 17.8 Å². The Morgan fingerprint density at radius 1 is 1.27 bits per heavy atom. The van der Waals surface area contributed by atoms with Crippen molar-refractivity contribution in [3.05, 3.63) is 46.5 Å². The van der Waals surface area contributed by atoms with E-state index >= 15 is 0 Å². The maximum atomic E-state index is 5.58. The van der Waals surface area contributed by atoms with E-state index in [1.165, 1.54) is 5.56 Å². The van der Waals surface area contributed by atoms with Gasteiger partial charge in [0.2, 0.25) is 0 Å². The van der Waals surface area contributed by atoms with Crippen molar-refractivity contribution in [2.75, 3.05) is 27.3 Å². The fourth-order valence-electron chi connectivity index (χ4n) is 2.37. The molecule has 2 aromatic rings. The molecule has 0 fully saturated rings. The molecule has 1 heterocycles. The van der Waals surface area contributed by atoms with Gasteiger partial charge in [0.15, 0.2) is 4.77 Å². The van der Waals surface area contributed by atoms with E-state index in [9.17, 15) is 0 Å². The van der Waals surface area contributed by atoms with Crippen molar-refractivity contribution in [2.45, 2.75) is 26.6 Å². The van der Waals surface area contributed by atoms with Gasteiger partial charge >= 0.3 is 0 Å². The highest BCUT2D eigenvalue weighted by molar-refractivity contribution is 7.71. The zero-order valence-corrected chi connectivity index (χ0v) is 14.3. The molecule has 0 N–H and O–H groups in total. The van der Waals surface area contributed by atoms with Gasteiger partial charge in [0.05, 0.1) is 13.2 Å². The van der Waals surface area contributed by atoms with Crippen LogP contribution in [0.3, 0.4) is 0 Å². The molecule has 1 aromatic heterocycles. The maximum absolute atomic E-state index is 5.58. The minimum Gasteiger partial charge on any atom is -0.385 e. The molecule has 0 saturated heterocycles. The second-order valence-corrected chi connectivity index (χ2v) is 5.83. The molecule has 1 aromatic carbocycles. The highest BCUT2D eigenvalue weighted by atomic mass is 32.1. The second-order valence-electron chi connectivity index (χ2n) is 5.47. The van der Waals surface area contributed by atoms with Gasteiger partial charge in [-0.3, -0.25) is 9.47 Å². The quantitative estimate of drug-likeness (QED) is 0.553. The van der Waals surface area contributed by atoms with Gasteiger partial charge in [-0.25, -0.2) is 4.68 Å². The van der Waals surface area contributed by atoms with Crippen molar-refractivity contribution < 1.29 is 4.74 Å². The lowest BCUT2D eigenvalue weighted by Crippen LogP contribution is -2.24. The summed E-state index contributed by atoms with van der Waals surface area (Å²) in [6, 6.07) is 10.3. The molecule has 0 saturated carbocycles. The first-order valence-corrected chi connectivity index (χ1v) is 7.88. The summed E-state index contributed by atoms with van der Waals surface area (Å²) in [7, 11) is 3.80. The Morgan fingerprint density at radius 3 is 2.68 bits per heavy atom. The SMILES string of the molecule is COCCCN(C)Cn1nc(C)n(Cc2ccccc2)c1=S. The van der Waals surface area contributed by atoms with E-state index in [1.807, 2.05) is 29.8 Å². The zero-order chi connectivity index (χ0) is 15.9. The van der Waals surface area contributed by atoms with Gasteiger partial charge in [-0.15, -0.1) is 0 Å². The van der Waals surface area contributed by atoms with Crippen molar-refractivity contribution >= 4 is 12.2 Å². The Balaban J connectivity index is 2.05. The van der Waals surface area contributed by atoms with E-state index < -0.39 is 0 Å². The van der Waals surface area contributed by atoms with E-state index in [4.69, 9.17) is 17.0 Å². The van der Waals surface area contributed by atoms with E-state index in [0.717, 1.165) is 36.7 Å². The highest BCUT2D eigenvalue weighted by Crippen LogP contribution is 2.07. The average molecular weight is 320 g/mol. The highest BCUT2D eigenvalue weighted by Gasteiger charge is 2.09. The molecule has 0 atom stereocenters. The Labute approximate surface area is 137 Å². The number of aryl methyl sites for hydroxylation is 1. The predicted molar refractivity (Wildman–Crippen MR) is 90.5 cm³/mol. The molecular weight excluding hydrogens is 296 g/mol. The fourth-order valence-corrected chi connectivity index (χ4v) is 2.66. The summed E-state index contributed by atoms with van der Waals surface area (Å²) in [6.07, 6.45) is 1.00. The number of hydrogen-bond donors (Lipinski definition) is 0. The second kappa shape index (κ2) is 8.22. The number of rotatable bonds is 8. The van der Waals surface area contributed by atoms with Crippen LogP contribution in [-0.4, -0.2) is 46.6 Å². The van der Waals surface area contributed by atoms with Crippen LogP contribution in [0, 0.1) is 11.7 Å². The van der Waals surface area contributed by atoms with Crippen LogP contribution in [0.4, 0.5) is 0 Å². The van der Waals surface area contributed by atoms with Crippen LogP contribution in [0.15, 0.2) is 30.3 Å². The van der Waals surface area contributed by atoms with Crippen LogP contribution in [-0.2, 0) is 18.0 Å². The molecule has 5 nitrogen and oxygen atoms in total. The molecule has 120 valence electrons. The van der Waals surface area contributed by atoms with Gasteiger partial charge < -0.3 is 4.74 Å². The third kappa shape index (κ3) is 4.50. The molecule has 0 bridgehead atoms. The smallest absolute Gasteiger partial charge is 0.199 e. The van der Waals surface area contributed by atoms with Crippen molar-refractivity contribution in [2.24, 2.45) is 0 Å². The Morgan fingerprint density at radius 2 is 2.00 bits per heavy atom.